The van der Waals surface area contributed by atoms with E-state index < -0.39 is 10.0 Å². The lowest BCUT2D eigenvalue weighted by molar-refractivity contribution is -0.133. The van der Waals surface area contributed by atoms with Gasteiger partial charge in [-0.15, -0.1) is 0 Å². The molecule has 2 aliphatic heterocycles. The molecular formula is C25H31N3O5S. The van der Waals surface area contributed by atoms with Crippen LogP contribution in [0.1, 0.15) is 24.0 Å². The van der Waals surface area contributed by atoms with E-state index in [2.05, 4.69) is 5.32 Å². The third-order valence-electron chi connectivity index (χ3n) is 6.42. The molecule has 9 heteroatoms. The van der Waals surface area contributed by atoms with Gasteiger partial charge in [0.1, 0.15) is 0 Å². The lowest BCUT2D eigenvalue weighted by Gasteiger charge is -2.32. The maximum absolute atomic E-state index is 13.1. The third-order valence-corrected chi connectivity index (χ3v) is 8.31. The van der Waals surface area contributed by atoms with E-state index in [1.165, 1.54) is 10.4 Å². The molecule has 2 aromatic rings. The molecule has 2 fully saturated rings. The van der Waals surface area contributed by atoms with Crippen LogP contribution in [-0.2, 0) is 30.8 Å². The number of anilines is 1. The van der Waals surface area contributed by atoms with Gasteiger partial charge in [-0.1, -0.05) is 36.4 Å². The van der Waals surface area contributed by atoms with Crippen molar-refractivity contribution in [1.29, 1.82) is 0 Å². The van der Waals surface area contributed by atoms with E-state index in [0.29, 0.717) is 57.9 Å². The van der Waals surface area contributed by atoms with Gasteiger partial charge in [-0.3, -0.25) is 9.59 Å². The number of hydrogen-bond donors (Lipinski definition) is 1. The Hall–Kier alpha value is -2.75. The Morgan fingerprint density at radius 1 is 1.06 bits per heavy atom. The van der Waals surface area contributed by atoms with Crippen LogP contribution in [0.15, 0.2) is 53.4 Å². The molecule has 8 nitrogen and oxygen atoms in total. The maximum atomic E-state index is 13.1. The van der Waals surface area contributed by atoms with Crippen LogP contribution in [0, 0.1) is 12.8 Å². The first-order chi connectivity index (χ1) is 16.3. The minimum absolute atomic E-state index is 0.0125. The number of piperidine rings is 1. The van der Waals surface area contributed by atoms with E-state index in [-0.39, 0.29) is 22.6 Å². The van der Waals surface area contributed by atoms with Crippen LogP contribution in [0.4, 0.5) is 5.69 Å². The zero-order chi connectivity index (χ0) is 24.1. The molecular weight excluding hydrogens is 454 g/mol. The number of nitrogens with zero attached hydrogens (tertiary/aromatic N) is 2. The lowest BCUT2D eigenvalue weighted by atomic mass is 9.96. The van der Waals surface area contributed by atoms with Gasteiger partial charge in [0.2, 0.25) is 21.8 Å². The van der Waals surface area contributed by atoms with Crippen LogP contribution in [0.2, 0.25) is 0 Å². The molecule has 2 aromatic carbocycles. The third kappa shape index (κ3) is 5.65. The molecule has 0 spiro atoms. The molecule has 1 atom stereocenters. The molecule has 0 saturated carbocycles. The van der Waals surface area contributed by atoms with Gasteiger partial charge in [-0.2, -0.15) is 4.31 Å². The number of amides is 2. The topological polar surface area (TPSA) is 96.0 Å². The average Bonchev–Trinajstić information content (AvgIpc) is 2.86. The Morgan fingerprint density at radius 2 is 1.79 bits per heavy atom. The van der Waals surface area contributed by atoms with Crippen molar-refractivity contribution >= 4 is 27.5 Å². The minimum Gasteiger partial charge on any atom is -0.379 e. The molecule has 0 aromatic heterocycles. The van der Waals surface area contributed by atoms with E-state index in [1.807, 2.05) is 37.3 Å². The second-order valence-electron chi connectivity index (χ2n) is 8.82. The molecule has 2 saturated heterocycles. The highest BCUT2D eigenvalue weighted by Gasteiger charge is 2.30. The van der Waals surface area contributed by atoms with Gasteiger partial charge in [0.25, 0.3) is 0 Å². The van der Waals surface area contributed by atoms with Crippen molar-refractivity contribution < 1.29 is 22.7 Å². The molecule has 0 radical (unpaired) electrons. The Kier molecular flexibility index (Phi) is 7.65. The Morgan fingerprint density at radius 3 is 2.53 bits per heavy atom. The van der Waals surface area contributed by atoms with Crippen LogP contribution in [0.3, 0.4) is 0 Å². The summed E-state index contributed by atoms with van der Waals surface area (Å²) in [5.74, 6) is -0.521. The number of carbonyl (C=O) groups is 2. The molecule has 1 N–H and O–H groups in total. The first-order valence-electron chi connectivity index (χ1n) is 11.7. The molecule has 182 valence electrons. The van der Waals surface area contributed by atoms with Crippen molar-refractivity contribution in [3.8, 4) is 0 Å². The van der Waals surface area contributed by atoms with Gasteiger partial charge in [-0.25, -0.2) is 8.42 Å². The highest BCUT2D eigenvalue weighted by Crippen LogP contribution is 2.26. The fraction of sp³-hybridized carbons (Fsp3) is 0.440. The number of ether oxygens (including phenoxy) is 1. The monoisotopic (exact) mass is 485 g/mol. The van der Waals surface area contributed by atoms with Crippen molar-refractivity contribution in [2.24, 2.45) is 5.92 Å². The summed E-state index contributed by atoms with van der Waals surface area (Å²) in [5, 5.41) is 2.92. The number of sulfonamides is 1. The van der Waals surface area contributed by atoms with Crippen LogP contribution < -0.4 is 5.32 Å². The van der Waals surface area contributed by atoms with E-state index in [1.54, 1.807) is 17.0 Å². The minimum atomic E-state index is -3.66. The number of likely N-dealkylation sites (tertiary alicyclic amines) is 1. The highest BCUT2D eigenvalue weighted by atomic mass is 32.2. The summed E-state index contributed by atoms with van der Waals surface area (Å²) in [4.78, 5) is 27.8. The molecule has 4 rings (SSSR count). The van der Waals surface area contributed by atoms with Gasteiger partial charge in [0, 0.05) is 31.9 Å². The summed E-state index contributed by atoms with van der Waals surface area (Å²) in [7, 11) is -3.66. The smallest absolute Gasteiger partial charge is 0.243 e. The van der Waals surface area contributed by atoms with Crippen LogP contribution >= 0.6 is 0 Å². The van der Waals surface area contributed by atoms with Gasteiger partial charge in [0.05, 0.1) is 30.4 Å². The Balaban J connectivity index is 1.42. The average molecular weight is 486 g/mol. The second kappa shape index (κ2) is 10.7. The Bertz CT molecular complexity index is 1130. The molecule has 2 amide bonds. The van der Waals surface area contributed by atoms with E-state index in [4.69, 9.17) is 4.74 Å². The van der Waals surface area contributed by atoms with Gasteiger partial charge in [-0.05, 0) is 43.0 Å². The highest BCUT2D eigenvalue weighted by molar-refractivity contribution is 7.89. The number of hydrogen-bond acceptors (Lipinski definition) is 5. The maximum Gasteiger partial charge on any atom is 0.243 e. The second-order valence-corrected chi connectivity index (χ2v) is 10.8. The van der Waals surface area contributed by atoms with Crippen LogP contribution in [0.25, 0.3) is 0 Å². The predicted octanol–water partition coefficient (Wildman–Crippen LogP) is 2.44. The first kappa shape index (κ1) is 24.4. The van der Waals surface area contributed by atoms with Gasteiger partial charge >= 0.3 is 0 Å². The van der Waals surface area contributed by atoms with E-state index >= 15 is 0 Å². The molecule has 0 aliphatic carbocycles. The standard InChI is InChI=1S/C25H31N3O5S/c1-19-9-10-22(34(31,32)28-12-14-33-15-13-28)17-23(19)26-25(30)21-8-5-11-27(18-21)24(29)16-20-6-3-2-4-7-20/h2-4,6-7,9-10,17,21H,5,8,11-16,18H2,1H3,(H,26,30). The van der Waals surface area contributed by atoms with Gasteiger partial charge in [0.15, 0.2) is 0 Å². The number of carbonyl (C=O) groups excluding carboxylic acids is 2. The number of nitrogens with one attached hydrogen (secondary N) is 1. The lowest BCUT2D eigenvalue weighted by Crippen LogP contribution is -2.44. The number of benzene rings is 2. The summed E-state index contributed by atoms with van der Waals surface area (Å²) < 4.78 is 32.7. The number of morpholine rings is 1. The van der Waals surface area contributed by atoms with Crippen molar-refractivity contribution in [2.75, 3.05) is 44.7 Å². The number of aryl methyl sites for hydroxylation is 1. The fourth-order valence-corrected chi connectivity index (χ4v) is 5.80. The zero-order valence-corrected chi connectivity index (χ0v) is 20.2. The fourth-order valence-electron chi connectivity index (χ4n) is 4.37. The zero-order valence-electron chi connectivity index (χ0n) is 19.4. The SMILES string of the molecule is Cc1ccc(S(=O)(=O)N2CCOCC2)cc1NC(=O)C1CCCN(C(=O)Cc2ccccc2)C1. The quantitative estimate of drug-likeness (QED) is 0.678. The van der Waals surface area contributed by atoms with Crippen molar-refractivity contribution in [1.82, 2.24) is 9.21 Å². The van der Waals surface area contributed by atoms with Crippen molar-refractivity contribution in [3.63, 3.8) is 0 Å². The first-order valence-corrected chi connectivity index (χ1v) is 13.1. The molecule has 1 unspecified atom stereocenters. The Labute approximate surface area is 200 Å². The number of rotatable bonds is 6. The van der Waals surface area contributed by atoms with E-state index in [9.17, 15) is 18.0 Å². The molecule has 2 aliphatic rings. The summed E-state index contributed by atoms with van der Waals surface area (Å²) >= 11 is 0. The van der Waals surface area contributed by atoms with Crippen molar-refractivity contribution in [2.45, 2.75) is 31.1 Å². The largest absolute Gasteiger partial charge is 0.379 e. The van der Waals surface area contributed by atoms with E-state index in [0.717, 1.165) is 17.5 Å². The molecule has 0 bridgehead atoms. The summed E-state index contributed by atoms with van der Waals surface area (Å²) in [6.07, 6.45) is 1.75. The molecule has 34 heavy (non-hydrogen) atoms. The van der Waals surface area contributed by atoms with Gasteiger partial charge < -0.3 is 15.0 Å². The summed E-state index contributed by atoms with van der Waals surface area (Å²) in [5.41, 5.74) is 2.21. The summed E-state index contributed by atoms with van der Waals surface area (Å²) in [6.45, 7) is 4.20. The van der Waals surface area contributed by atoms with Crippen LogP contribution in [0.5, 0.6) is 0 Å². The summed E-state index contributed by atoms with van der Waals surface area (Å²) in [6, 6.07) is 14.4. The molecule has 2 heterocycles. The normalized spacial score (nSPS) is 19.6. The van der Waals surface area contributed by atoms with Crippen molar-refractivity contribution in [3.05, 3.63) is 59.7 Å². The van der Waals surface area contributed by atoms with Crippen LogP contribution in [-0.4, -0.2) is 68.8 Å². The predicted molar refractivity (Wildman–Crippen MR) is 129 cm³/mol.